The smallest absolute Gasteiger partial charge is 0.185 e. The maximum atomic E-state index is 5.84. The molecule has 1 aliphatic heterocycles. The highest BCUT2D eigenvalue weighted by Crippen LogP contribution is 2.34. The van der Waals surface area contributed by atoms with Crippen molar-refractivity contribution in [3.63, 3.8) is 0 Å². The van der Waals surface area contributed by atoms with E-state index in [0.29, 0.717) is 6.54 Å². The van der Waals surface area contributed by atoms with Gasteiger partial charge < -0.3 is 10.6 Å². The van der Waals surface area contributed by atoms with Gasteiger partial charge in [0, 0.05) is 41.4 Å². The molecule has 2 heterocycles. The van der Waals surface area contributed by atoms with Crippen molar-refractivity contribution in [2.24, 2.45) is 5.73 Å². The van der Waals surface area contributed by atoms with Crippen molar-refractivity contribution in [1.82, 2.24) is 4.98 Å². The Morgan fingerprint density at radius 1 is 1.29 bits per heavy atom. The SMILES string of the molecule is CC(C)(C)c1nc(N2CCSCC2)sc1CN. The van der Waals surface area contributed by atoms with Gasteiger partial charge in [0.05, 0.1) is 5.69 Å². The summed E-state index contributed by atoms with van der Waals surface area (Å²) < 4.78 is 0. The van der Waals surface area contributed by atoms with E-state index in [1.54, 1.807) is 11.3 Å². The van der Waals surface area contributed by atoms with Crippen LogP contribution in [0.4, 0.5) is 5.13 Å². The van der Waals surface area contributed by atoms with E-state index in [2.05, 4.69) is 25.7 Å². The number of anilines is 1. The topological polar surface area (TPSA) is 42.2 Å². The van der Waals surface area contributed by atoms with E-state index in [1.165, 1.54) is 22.1 Å². The van der Waals surface area contributed by atoms with Gasteiger partial charge in [0.2, 0.25) is 0 Å². The molecule has 0 spiro atoms. The summed E-state index contributed by atoms with van der Waals surface area (Å²) in [6.45, 7) is 9.45. The lowest BCUT2D eigenvalue weighted by Crippen LogP contribution is -2.32. The van der Waals surface area contributed by atoms with Crippen molar-refractivity contribution in [3.05, 3.63) is 10.6 Å². The van der Waals surface area contributed by atoms with Crippen LogP contribution < -0.4 is 10.6 Å². The van der Waals surface area contributed by atoms with Gasteiger partial charge in [0.25, 0.3) is 0 Å². The van der Waals surface area contributed by atoms with Crippen LogP contribution in [0.5, 0.6) is 0 Å². The molecule has 0 unspecified atom stereocenters. The summed E-state index contributed by atoms with van der Waals surface area (Å²) in [5, 5.41) is 1.16. The zero-order chi connectivity index (χ0) is 12.5. The minimum Gasteiger partial charge on any atom is -0.346 e. The molecule has 0 radical (unpaired) electrons. The molecule has 0 atom stereocenters. The maximum absolute atomic E-state index is 5.84. The van der Waals surface area contributed by atoms with Gasteiger partial charge in [-0.25, -0.2) is 4.98 Å². The molecule has 1 saturated heterocycles. The van der Waals surface area contributed by atoms with Crippen molar-refractivity contribution < 1.29 is 0 Å². The van der Waals surface area contributed by atoms with Crippen molar-refractivity contribution >= 4 is 28.2 Å². The summed E-state index contributed by atoms with van der Waals surface area (Å²) in [6.07, 6.45) is 0. The first kappa shape index (κ1) is 13.2. The molecule has 3 nitrogen and oxygen atoms in total. The number of aromatic nitrogens is 1. The zero-order valence-corrected chi connectivity index (χ0v) is 12.5. The summed E-state index contributed by atoms with van der Waals surface area (Å²) in [5.74, 6) is 2.42. The molecule has 1 fully saturated rings. The Bertz CT molecular complexity index is 376. The molecule has 0 aliphatic carbocycles. The minimum absolute atomic E-state index is 0.0913. The van der Waals surface area contributed by atoms with Crippen LogP contribution in [0.2, 0.25) is 0 Å². The molecule has 5 heteroatoms. The lowest BCUT2D eigenvalue weighted by molar-refractivity contribution is 0.566. The average molecular weight is 271 g/mol. The summed E-state index contributed by atoms with van der Waals surface area (Å²) in [7, 11) is 0. The number of nitrogens with zero attached hydrogens (tertiary/aromatic N) is 2. The Kier molecular flexibility index (Phi) is 4.00. The molecular formula is C12H21N3S2. The lowest BCUT2D eigenvalue weighted by Gasteiger charge is -2.25. The van der Waals surface area contributed by atoms with Gasteiger partial charge in [-0.2, -0.15) is 11.8 Å². The number of nitrogens with two attached hydrogens (primary N) is 1. The number of hydrogen-bond acceptors (Lipinski definition) is 5. The predicted molar refractivity (Wildman–Crippen MR) is 78.2 cm³/mol. The number of hydrogen-bond donors (Lipinski definition) is 1. The Morgan fingerprint density at radius 2 is 1.94 bits per heavy atom. The van der Waals surface area contributed by atoms with Gasteiger partial charge in [-0.05, 0) is 0 Å². The number of thioether (sulfide) groups is 1. The van der Waals surface area contributed by atoms with Crippen LogP contribution in [0, 0.1) is 0 Å². The fourth-order valence-electron chi connectivity index (χ4n) is 1.95. The molecule has 0 bridgehead atoms. The van der Waals surface area contributed by atoms with Crippen LogP contribution >= 0.6 is 23.1 Å². The zero-order valence-electron chi connectivity index (χ0n) is 10.8. The summed E-state index contributed by atoms with van der Waals surface area (Å²) >= 11 is 3.80. The van der Waals surface area contributed by atoms with E-state index in [0.717, 1.165) is 18.2 Å². The third-order valence-electron chi connectivity index (χ3n) is 2.86. The van der Waals surface area contributed by atoms with Gasteiger partial charge in [-0.1, -0.05) is 20.8 Å². The Morgan fingerprint density at radius 3 is 2.41 bits per heavy atom. The van der Waals surface area contributed by atoms with E-state index in [9.17, 15) is 0 Å². The average Bonchev–Trinajstić information content (AvgIpc) is 2.74. The van der Waals surface area contributed by atoms with Crippen LogP contribution in [-0.2, 0) is 12.0 Å². The minimum atomic E-state index is 0.0913. The van der Waals surface area contributed by atoms with Crippen LogP contribution in [0.15, 0.2) is 0 Å². The Hall–Kier alpha value is -0.260. The fraction of sp³-hybridized carbons (Fsp3) is 0.750. The lowest BCUT2D eigenvalue weighted by atomic mass is 9.91. The largest absolute Gasteiger partial charge is 0.346 e. The standard InChI is InChI=1S/C12H21N3S2/c1-12(2,3)10-9(8-13)17-11(14-10)15-4-6-16-7-5-15/h4-8,13H2,1-3H3. The van der Waals surface area contributed by atoms with E-state index in [-0.39, 0.29) is 5.41 Å². The first-order valence-corrected chi connectivity index (χ1v) is 8.02. The second kappa shape index (κ2) is 5.16. The molecule has 0 aromatic carbocycles. The maximum Gasteiger partial charge on any atom is 0.185 e. The number of rotatable bonds is 2. The van der Waals surface area contributed by atoms with Crippen LogP contribution in [0.3, 0.4) is 0 Å². The second-order valence-electron chi connectivity index (χ2n) is 5.32. The summed E-state index contributed by atoms with van der Waals surface area (Å²) in [4.78, 5) is 8.47. The van der Waals surface area contributed by atoms with Gasteiger partial charge in [-0.15, -0.1) is 11.3 Å². The quantitative estimate of drug-likeness (QED) is 0.897. The fourth-order valence-corrected chi connectivity index (χ4v) is 4.06. The van der Waals surface area contributed by atoms with E-state index >= 15 is 0 Å². The summed E-state index contributed by atoms with van der Waals surface area (Å²) in [5.41, 5.74) is 7.11. The van der Waals surface area contributed by atoms with Crippen LogP contribution in [-0.4, -0.2) is 29.6 Å². The second-order valence-corrected chi connectivity index (χ2v) is 7.61. The normalized spacial score (nSPS) is 17.5. The van der Waals surface area contributed by atoms with Gasteiger partial charge in [0.15, 0.2) is 5.13 Å². The molecule has 0 amide bonds. The van der Waals surface area contributed by atoms with Crippen LogP contribution in [0.1, 0.15) is 31.3 Å². The van der Waals surface area contributed by atoms with E-state index in [1.807, 2.05) is 11.8 Å². The van der Waals surface area contributed by atoms with E-state index in [4.69, 9.17) is 10.7 Å². The van der Waals surface area contributed by atoms with Gasteiger partial charge in [-0.3, -0.25) is 0 Å². The molecule has 96 valence electrons. The third kappa shape index (κ3) is 2.95. The first-order valence-electron chi connectivity index (χ1n) is 6.05. The highest BCUT2D eigenvalue weighted by atomic mass is 32.2. The summed E-state index contributed by atoms with van der Waals surface area (Å²) in [6, 6.07) is 0. The Labute approximate surface area is 112 Å². The van der Waals surface area contributed by atoms with Crippen molar-refractivity contribution in [3.8, 4) is 0 Å². The van der Waals surface area contributed by atoms with E-state index < -0.39 is 0 Å². The molecule has 0 saturated carbocycles. The van der Waals surface area contributed by atoms with Crippen molar-refractivity contribution in [2.45, 2.75) is 32.7 Å². The molecular weight excluding hydrogens is 250 g/mol. The molecule has 1 aliphatic rings. The highest BCUT2D eigenvalue weighted by Gasteiger charge is 2.24. The first-order chi connectivity index (χ1) is 8.02. The van der Waals surface area contributed by atoms with Crippen molar-refractivity contribution in [2.75, 3.05) is 29.5 Å². The number of thiazole rings is 1. The highest BCUT2D eigenvalue weighted by molar-refractivity contribution is 7.99. The third-order valence-corrected chi connectivity index (χ3v) is 4.94. The van der Waals surface area contributed by atoms with Crippen molar-refractivity contribution in [1.29, 1.82) is 0 Å². The van der Waals surface area contributed by atoms with Crippen LogP contribution in [0.25, 0.3) is 0 Å². The molecule has 2 rings (SSSR count). The molecule has 1 aromatic heterocycles. The molecule has 17 heavy (non-hydrogen) atoms. The predicted octanol–water partition coefficient (Wildman–Crippen LogP) is 2.45. The monoisotopic (exact) mass is 271 g/mol. The Balaban J connectivity index is 2.27. The molecule has 2 N–H and O–H groups in total. The van der Waals surface area contributed by atoms with Gasteiger partial charge >= 0.3 is 0 Å². The molecule has 1 aromatic rings. The van der Waals surface area contributed by atoms with Gasteiger partial charge in [0.1, 0.15) is 0 Å².